The Balaban J connectivity index is 1.41. The number of amides is 1. The first-order valence-electron chi connectivity index (χ1n) is 15.4. The third-order valence-corrected chi connectivity index (χ3v) is 11.3. The second-order valence-corrected chi connectivity index (χ2v) is 14.1. The lowest BCUT2D eigenvalue weighted by atomic mass is 9.73. The van der Waals surface area contributed by atoms with Gasteiger partial charge in [-0.2, -0.15) is 26.3 Å². The van der Waals surface area contributed by atoms with Gasteiger partial charge in [-0.25, -0.2) is 0 Å². The van der Waals surface area contributed by atoms with Crippen LogP contribution in [0.5, 0.6) is 0 Å². The van der Waals surface area contributed by atoms with E-state index < -0.39 is 42.6 Å². The highest BCUT2D eigenvalue weighted by Gasteiger charge is 2.52. The predicted octanol–water partition coefficient (Wildman–Crippen LogP) is 7.33. The quantitative estimate of drug-likeness (QED) is 0.217. The van der Waals surface area contributed by atoms with Crippen LogP contribution >= 0.6 is 23.2 Å². The minimum atomic E-state index is -4.66. The summed E-state index contributed by atoms with van der Waals surface area (Å²) in [4.78, 5) is 20.3. The number of carbonyl (C=O) groups is 1. The molecule has 2 aliphatic heterocycles. The topological polar surface area (TPSA) is 26.8 Å². The lowest BCUT2D eigenvalue weighted by molar-refractivity contribution is -0.229. The number of nitrogens with zero attached hydrogens (tertiary/aromatic N) is 3. The van der Waals surface area contributed by atoms with E-state index in [2.05, 4.69) is 9.80 Å². The van der Waals surface area contributed by atoms with Crippen molar-refractivity contribution in [3.63, 3.8) is 0 Å². The summed E-state index contributed by atoms with van der Waals surface area (Å²) < 4.78 is 80.8. The number of hydrogen-bond donors (Lipinski definition) is 0. The van der Waals surface area contributed by atoms with Crippen LogP contribution < -0.4 is 0 Å². The number of likely N-dealkylation sites (N-methyl/N-ethyl adjacent to an activating group) is 1. The molecule has 12 heteroatoms. The van der Waals surface area contributed by atoms with Gasteiger partial charge in [0, 0.05) is 38.1 Å². The van der Waals surface area contributed by atoms with Crippen LogP contribution in [0.2, 0.25) is 0 Å². The monoisotopic (exact) mass is 635 g/mol. The fraction of sp³-hybridized carbons (Fsp3) is 0.966. The normalized spacial score (nSPS) is 34.4. The van der Waals surface area contributed by atoms with Gasteiger partial charge in [0.1, 0.15) is 0 Å². The zero-order valence-corrected chi connectivity index (χ0v) is 25.4. The van der Waals surface area contributed by atoms with Crippen molar-refractivity contribution in [2.45, 2.75) is 112 Å². The molecule has 2 heterocycles. The van der Waals surface area contributed by atoms with Crippen molar-refractivity contribution in [3.05, 3.63) is 0 Å². The van der Waals surface area contributed by atoms with Crippen LogP contribution in [0.1, 0.15) is 77.0 Å². The van der Waals surface area contributed by atoms with Crippen LogP contribution in [0.25, 0.3) is 0 Å². The van der Waals surface area contributed by atoms with E-state index in [1.807, 2.05) is 0 Å². The van der Waals surface area contributed by atoms with Crippen LogP contribution in [0.15, 0.2) is 0 Å². The molecule has 0 spiro atoms. The van der Waals surface area contributed by atoms with Crippen LogP contribution in [-0.2, 0) is 4.79 Å². The Kier molecular flexibility index (Phi) is 11.5. The first-order chi connectivity index (χ1) is 19.2. The smallest absolute Gasteiger partial charge is 0.344 e. The van der Waals surface area contributed by atoms with E-state index >= 15 is 0 Å². The summed E-state index contributed by atoms with van der Waals surface area (Å²) in [6.07, 6.45) is -3.00. The summed E-state index contributed by atoms with van der Waals surface area (Å²) in [5, 5.41) is -0.400. The van der Waals surface area contributed by atoms with Crippen molar-refractivity contribution >= 4 is 29.1 Å². The summed E-state index contributed by atoms with van der Waals surface area (Å²) in [5.41, 5.74) is 0. The molecule has 6 atom stereocenters. The molecule has 4 fully saturated rings. The van der Waals surface area contributed by atoms with Crippen molar-refractivity contribution in [2.24, 2.45) is 23.7 Å². The van der Waals surface area contributed by atoms with E-state index in [0.717, 1.165) is 45.4 Å². The van der Waals surface area contributed by atoms with Crippen LogP contribution in [-0.4, -0.2) is 95.6 Å². The van der Waals surface area contributed by atoms with Crippen LogP contribution in [0, 0.1) is 23.7 Å². The lowest BCUT2D eigenvalue weighted by Crippen LogP contribution is -2.57. The molecule has 238 valence electrons. The molecule has 0 N–H and O–H groups in total. The molecule has 4 aliphatic rings. The zero-order chi connectivity index (χ0) is 29.9. The third kappa shape index (κ3) is 8.81. The number of halogens is 8. The highest BCUT2D eigenvalue weighted by Crippen LogP contribution is 2.48. The van der Waals surface area contributed by atoms with Gasteiger partial charge in [0.15, 0.2) is 0 Å². The van der Waals surface area contributed by atoms with Gasteiger partial charge in [-0.3, -0.25) is 9.69 Å². The fourth-order valence-electron chi connectivity index (χ4n) is 7.78. The summed E-state index contributed by atoms with van der Waals surface area (Å²) in [7, 11) is 1.63. The summed E-state index contributed by atoms with van der Waals surface area (Å²) >= 11 is 12.9. The van der Waals surface area contributed by atoms with Crippen LogP contribution in [0.3, 0.4) is 0 Å². The molecule has 0 aromatic rings. The molecule has 0 bridgehead atoms. The molecule has 2 saturated heterocycles. The molecule has 4 rings (SSSR count). The van der Waals surface area contributed by atoms with Gasteiger partial charge >= 0.3 is 12.4 Å². The van der Waals surface area contributed by atoms with E-state index in [4.69, 9.17) is 23.2 Å². The Morgan fingerprint density at radius 3 is 1.93 bits per heavy atom. The number of likely N-dealkylation sites (tertiary alicyclic amines) is 2. The van der Waals surface area contributed by atoms with E-state index in [-0.39, 0.29) is 48.4 Å². The van der Waals surface area contributed by atoms with Gasteiger partial charge < -0.3 is 9.80 Å². The Labute approximate surface area is 250 Å². The van der Waals surface area contributed by atoms with Gasteiger partial charge in [-0.1, -0.05) is 6.42 Å². The summed E-state index contributed by atoms with van der Waals surface area (Å²) in [6, 6.07) is 0.0961. The second-order valence-electron chi connectivity index (χ2n) is 13.0. The van der Waals surface area contributed by atoms with E-state index in [1.54, 1.807) is 7.05 Å². The van der Waals surface area contributed by atoms with Gasteiger partial charge in [0.05, 0.1) is 23.3 Å². The molecule has 6 unspecified atom stereocenters. The fourth-order valence-corrected chi connectivity index (χ4v) is 8.37. The molecule has 4 nitrogen and oxygen atoms in total. The number of carbonyl (C=O) groups excluding carboxylic acids is 1. The lowest BCUT2D eigenvalue weighted by Gasteiger charge is -2.46. The van der Waals surface area contributed by atoms with E-state index in [0.29, 0.717) is 18.9 Å². The molecular weight excluding hydrogens is 591 g/mol. The highest BCUT2D eigenvalue weighted by molar-refractivity contribution is 6.30. The number of alkyl halides is 8. The van der Waals surface area contributed by atoms with Crippen molar-refractivity contribution in [1.82, 2.24) is 14.7 Å². The Bertz CT molecular complexity index is 825. The molecule has 0 radical (unpaired) electrons. The maximum absolute atomic E-state index is 14.0. The number of hydrogen-bond acceptors (Lipinski definition) is 3. The maximum atomic E-state index is 14.0. The average Bonchev–Trinajstić information content (AvgIpc) is 2.93. The molecule has 2 saturated carbocycles. The summed E-state index contributed by atoms with van der Waals surface area (Å²) in [5.74, 6) is -4.77. The van der Waals surface area contributed by atoms with Gasteiger partial charge in [0.2, 0.25) is 5.91 Å². The van der Waals surface area contributed by atoms with E-state index in [9.17, 15) is 31.1 Å². The van der Waals surface area contributed by atoms with Crippen molar-refractivity contribution < 1.29 is 31.1 Å². The first kappa shape index (κ1) is 33.4. The predicted molar refractivity (Wildman–Crippen MR) is 149 cm³/mol. The van der Waals surface area contributed by atoms with Gasteiger partial charge in [0.25, 0.3) is 0 Å². The van der Waals surface area contributed by atoms with Gasteiger partial charge in [-0.05, 0) is 95.6 Å². The third-order valence-electron chi connectivity index (χ3n) is 10.2. The maximum Gasteiger partial charge on any atom is 0.391 e. The Morgan fingerprint density at radius 1 is 0.805 bits per heavy atom. The minimum absolute atomic E-state index is 0.00730. The molecule has 0 aromatic heterocycles. The molecular formula is C29H45Cl2F6N3O. The SMILES string of the molecule is CN(CCC1CC(C(F)(F)F)CC(C(F)(F)F)C1)C(=O)C(C1CCC(Cl)C(Cl)C1)N1CCC(N2CCCCC2)CC1. The minimum Gasteiger partial charge on any atom is -0.344 e. The first-order valence-corrected chi connectivity index (χ1v) is 16.3. The number of piperidine rings is 2. The standard InChI is InChI=1S/C29H45Cl2F6N3O/c1-38(12-7-19-15-21(28(32,33)34)18-22(16-19)29(35,36)37)27(41)26(20-5-6-24(30)25(31)17-20)40-13-8-23(9-14-40)39-10-3-2-4-11-39/h19-26H,2-18H2,1H3. The molecule has 2 aliphatic carbocycles. The molecule has 1 amide bonds. The molecule has 41 heavy (non-hydrogen) atoms. The largest absolute Gasteiger partial charge is 0.391 e. The molecule has 0 aromatic carbocycles. The van der Waals surface area contributed by atoms with Crippen molar-refractivity contribution in [1.29, 1.82) is 0 Å². The number of rotatable bonds is 7. The van der Waals surface area contributed by atoms with Gasteiger partial charge in [-0.15, -0.1) is 23.2 Å². The van der Waals surface area contributed by atoms with Crippen LogP contribution in [0.4, 0.5) is 26.3 Å². The van der Waals surface area contributed by atoms with Crippen molar-refractivity contribution in [2.75, 3.05) is 39.8 Å². The summed E-state index contributed by atoms with van der Waals surface area (Å²) in [6.45, 7) is 3.93. The zero-order valence-electron chi connectivity index (χ0n) is 23.9. The van der Waals surface area contributed by atoms with Crippen molar-refractivity contribution in [3.8, 4) is 0 Å². The average molecular weight is 637 g/mol. The highest BCUT2D eigenvalue weighted by atomic mass is 35.5. The Morgan fingerprint density at radius 2 is 1.39 bits per heavy atom. The second kappa shape index (κ2) is 14.1. The van der Waals surface area contributed by atoms with E-state index in [1.165, 1.54) is 24.2 Å². The Hall–Kier alpha value is -0.450.